The van der Waals surface area contributed by atoms with Gasteiger partial charge >= 0.3 is 0 Å². The van der Waals surface area contributed by atoms with Gasteiger partial charge in [0.05, 0.1) is 5.52 Å². The minimum Gasteiger partial charge on any atom is -0.349 e. The van der Waals surface area contributed by atoms with E-state index >= 15 is 0 Å². The molecule has 2 aliphatic rings. The summed E-state index contributed by atoms with van der Waals surface area (Å²) >= 11 is 0. The Balaban J connectivity index is 1.16. The molecule has 30 heavy (non-hydrogen) atoms. The minimum atomic E-state index is 0.0110. The lowest BCUT2D eigenvalue weighted by atomic mass is 9.89. The Morgan fingerprint density at radius 2 is 1.73 bits per heavy atom. The predicted octanol–water partition coefficient (Wildman–Crippen LogP) is 3.55. The lowest BCUT2D eigenvalue weighted by Gasteiger charge is -2.31. The Morgan fingerprint density at radius 3 is 2.47 bits per heavy atom. The van der Waals surface area contributed by atoms with Crippen LogP contribution in [0.4, 0.5) is 0 Å². The van der Waals surface area contributed by atoms with Crippen LogP contribution < -0.4 is 5.32 Å². The second kappa shape index (κ2) is 7.94. The average molecular weight is 402 g/mol. The number of hydrogen-bond donors (Lipinski definition) is 2. The zero-order chi connectivity index (χ0) is 20.5. The van der Waals surface area contributed by atoms with Crippen LogP contribution in [0.3, 0.4) is 0 Å². The third-order valence-electron chi connectivity index (χ3n) is 6.23. The van der Waals surface area contributed by atoms with Crippen molar-refractivity contribution in [2.45, 2.75) is 38.1 Å². The first-order valence-electron chi connectivity index (χ1n) is 10.8. The van der Waals surface area contributed by atoms with Crippen LogP contribution in [0.2, 0.25) is 0 Å². The molecule has 2 aromatic carbocycles. The summed E-state index contributed by atoms with van der Waals surface area (Å²) in [7, 11) is 0. The number of H-pyrrole nitrogens is 1. The summed E-state index contributed by atoms with van der Waals surface area (Å²) in [6.07, 6.45) is 5.15. The van der Waals surface area contributed by atoms with Crippen molar-refractivity contribution in [2.75, 3.05) is 13.1 Å². The van der Waals surface area contributed by atoms with Gasteiger partial charge in [0.15, 0.2) is 5.69 Å². The maximum atomic E-state index is 12.9. The number of hydrogen-bond acceptors (Lipinski definition) is 3. The van der Waals surface area contributed by atoms with E-state index in [2.05, 4.69) is 27.6 Å². The van der Waals surface area contributed by atoms with Gasteiger partial charge in [-0.3, -0.25) is 14.7 Å². The molecule has 0 atom stereocenters. The quantitative estimate of drug-likeness (QED) is 0.685. The molecule has 0 spiro atoms. The Hall–Kier alpha value is -3.15. The summed E-state index contributed by atoms with van der Waals surface area (Å²) in [5.41, 5.74) is 3.40. The van der Waals surface area contributed by atoms with E-state index in [1.54, 1.807) is 0 Å². The van der Waals surface area contributed by atoms with Gasteiger partial charge < -0.3 is 10.2 Å². The molecule has 2 heterocycles. The van der Waals surface area contributed by atoms with E-state index in [0.29, 0.717) is 17.7 Å². The molecule has 154 valence electrons. The van der Waals surface area contributed by atoms with Crippen LogP contribution in [-0.4, -0.2) is 46.0 Å². The van der Waals surface area contributed by atoms with Crippen molar-refractivity contribution in [1.29, 1.82) is 0 Å². The van der Waals surface area contributed by atoms with Crippen LogP contribution >= 0.6 is 0 Å². The topological polar surface area (TPSA) is 78.1 Å². The molecule has 6 nitrogen and oxygen atoms in total. The van der Waals surface area contributed by atoms with Gasteiger partial charge in [0.25, 0.3) is 11.8 Å². The first-order valence-corrected chi connectivity index (χ1v) is 10.8. The van der Waals surface area contributed by atoms with Gasteiger partial charge in [-0.1, -0.05) is 30.3 Å². The number of para-hydroxylation sites is 1. The number of fused-ring (bicyclic) bond motifs is 1. The summed E-state index contributed by atoms with van der Waals surface area (Å²) in [5.74, 6) is 0.592. The maximum absolute atomic E-state index is 12.9. The van der Waals surface area contributed by atoms with Crippen LogP contribution in [0.1, 0.15) is 52.1 Å². The molecule has 6 heteroatoms. The molecule has 0 bridgehead atoms. The minimum absolute atomic E-state index is 0.0110. The van der Waals surface area contributed by atoms with Gasteiger partial charge in [0.1, 0.15) is 0 Å². The third-order valence-corrected chi connectivity index (χ3v) is 6.23. The van der Waals surface area contributed by atoms with Crippen LogP contribution in [0.15, 0.2) is 48.5 Å². The van der Waals surface area contributed by atoms with Crippen LogP contribution in [0.5, 0.6) is 0 Å². The summed E-state index contributed by atoms with van der Waals surface area (Å²) in [5, 5.41) is 11.1. The molecule has 2 fully saturated rings. The molecular weight excluding hydrogens is 376 g/mol. The second-order valence-corrected chi connectivity index (χ2v) is 8.50. The lowest BCUT2D eigenvalue weighted by molar-refractivity contribution is 0.0686. The standard InChI is InChI=1S/C24H26N4O2/c29-23(25-19-9-10-19)18-7-5-16(6-8-18)15-17-11-13-28(14-12-17)24(30)22-20-3-1-2-4-21(20)26-27-22/h1-8,17,19H,9-15H2,(H,25,29)(H,26,27). The molecule has 1 aromatic heterocycles. The maximum Gasteiger partial charge on any atom is 0.274 e. The third kappa shape index (κ3) is 3.95. The summed E-state index contributed by atoms with van der Waals surface area (Å²) in [6, 6.07) is 16.1. The molecule has 1 aliphatic heterocycles. The molecule has 5 rings (SSSR count). The number of benzene rings is 2. The van der Waals surface area contributed by atoms with E-state index in [9.17, 15) is 9.59 Å². The number of likely N-dealkylation sites (tertiary alicyclic amines) is 1. The van der Waals surface area contributed by atoms with Gasteiger partial charge in [-0.15, -0.1) is 0 Å². The molecule has 0 unspecified atom stereocenters. The number of nitrogens with zero attached hydrogens (tertiary/aromatic N) is 2. The van der Waals surface area contributed by atoms with Crippen molar-refractivity contribution < 1.29 is 9.59 Å². The van der Waals surface area contributed by atoms with Gasteiger partial charge in [-0.2, -0.15) is 5.10 Å². The highest BCUT2D eigenvalue weighted by atomic mass is 16.2. The molecule has 1 aliphatic carbocycles. The molecule has 2 amide bonds. The Kier molecular flexibility index (Phi) is 4.99. The Morgan fingerprint density at radius 1 is 1.00 bits per heavy atom. The fourth-order valence-electron chi connectivity index (χ4n) is 4.24. The van der Waals surface area contributed by atoms with Crippen LogP contribution in [0, 0.1) is 5.92 Å². The smallest absolute Gasteiger partial charge is 0.274 e. The molecule has 1 saturated carbocycles. The highest BCUT2D eigenvalue weighted by Crippen LogP contribution is 2.25. The number of amides is 2. The number of carbonyl (C=O) groups excluding carboxylic acids is 2. The van der Waals surface area contributed by atoms with E-state index in [0.717, 1.165) is 61.7 Å². The van der Waals surface area contributed by atoms with E-state index < -0.39 is 0 Å². The van der Waals surface area contributed by atoms with Gasteiger partial charge in [0, 0.05) is 30.1 Å². The number of aromatic nitrogens is 2. The summed E-state index contributed by atoms with van der Waals surface area (Å²) in [6.45, 7) is 1.51. The Bertz CT molecular complexity index is 1060. The second-order valence-electron chi connectivity index (χ2n) is 8.50. The van der Waals surface area contributed by atoms with Gasteiger partial charge in [0.2, 0.25) is 0 Å². The molecule has 2 N–H and O–H groups in total. The predicted molar refractivity (Wildman–Crippen MR) is 115 cm³/mol. The van der Waals surface area contributed by atoms with E-state index in [-0.39, 0.29) is 11.8 Å². The van der Waals surface area contributed by atoms with E-state index in [1.807, 2.05) is 41.3 Å². The monoisotopic (exact) mass is 402 g/mol. The van der Waals surface area contributed by atoms with Crippen LogP contribution in [0.25, 0.3) is 10.9 Å². The zero-order valence-corrected chi connectivity index (χ0v) is 16.9. The highest BCUT2D eigenvalue weighted by Gasteiger charge is 2.27. The van der Waals surface area contributed by atoms with Crippen LogP contribution in [-0.2, 0) is 6.42 Å². The van der Waals surface area contributed by atoms with Crippen molar-refractivity contribution in [2.24, 2.45) is 5.92 Å². The van der Waals surface area contributed by atoms with Gasteiger partial charge in [-0.05, 0) is 61.8 Å². The largest absolute Gasteiger partial charge is 0.349 e. The number of rotatable bonds is 5. The van der Waals surface area contributed by atoms with E-state index in [1.165, 1.54) is 5.56 Å². The first-order chi connectivity index (χ1) is 14.7. The van der Waals surface area contributed by atoms with Crippen molar-refractivity contribution in [1.82, 2.24) is 20.4 Å². The SMILES string of the molecule is O=C(NC1CC1)c1ccc(CC2CCN(C(=O)c3n[nH]c4ccccc34)CC2)cc1. The average Bonchev–Trinajstić information content (AvgIpc) is 3.49. The van der Waals surface area contributed by atoms with Crippen molar-refractivity contribution in [3.63, 3.8) is 0 Å². The molecular formula is C24H26N4O2. The fourth-order valence-corrected chi connectivity index (χ4v) is 4.24. The fraction of sp³-hybridized carbons (Fsp3) is 0.375. The van der Waals surface area contributed by atoms with Crippen molar-refractivity contribution >= 4 is 22.7 Å². The number of carbonyl (C=O) groups is 2. The number of piperidine rings is 1. The number of aromatic amines is 1. The molecule has 1 saturated heterocycles. The van der Waals surface area contributed by atoms with Crippen molar-refractivity contribution in [3.05, 3.63) is 65.4 Å². The first kappa shape index (κ1) is 18.9. The number of nitrogens with one attached hydrogen (secondary N) is 2. The molecule has 0 radical (unpaired) electrons. The van der Waals surface area contributed by atoms with Crippen molar-refractivity contribution in [3.8, 4) is 0 Å². The Labute approximate surface area is 175 Å². The highest BCUT2D eigenvalue weighted by molar-refractivity contribution is 6.04. The lowest BCUT2D eigenvalue weighted by Crippen LogP contribution is -2.39. The molecule has 3 aromatic rings. The zero-order valence-electron chi connectivity index (χ0n) is 16.9. The summed E-state index contributed by atoms with van der Waals surface area (Å²) in [4.78, 5) is 27.0. The van der Waals surface area contributed by atoms with E-state index in [4.69, 9.17) is 0 Å². The van der Waals surface area contributed by atoms with Gasteiger partial charge in [-0.25, -0.2) is 0 Å². The normalized spacial score (nSPS) is 17.3. The summed E-state index contributed by atoms with van der Waals surface area (Å²) < 4.78 is 0.